The first-order chi connectivity index (χ1) is 25.3. The van der Waals surface area contributed by atoms with Gasteiger partial charge in [0.05, 0.1) is 11.0 Å². The van der Waals surface area contributed by atoms with Gasteiger partial charge in [-0.3, -0.25) is 0 Å². The average molecular weight is 654 g/mol. The molecule has 10 aromatic rings. The van der Waals surface area contributed by atoms with Crippen LogP contribution in [-0.4, -0.2) is 9.55 Å². The number of hydrogen-bond acceptors (Lipinski definition) is 3. The highest BCUT2D eigenvalue weighted by Gasteiger charge is 2.17. The first-order valence-electron chi connectivity index (χ1n) is 17.2. The monoisotopic (exact) mass is 653 g/mol. The number of oxazole rings is 1. The smallest absolute Gasteiger partial charge is 0.227 e. The van der Waals surface area contributed by atoms with Gasteiger partial charge in [-0.1, -0.05) is 103 Å². The van der Waals surface area contributed by atoms with Crippen LogP contribution in [0.15, 0.2) is 192 Å². The lowest BCUT2D eigenvalue weighted by atomic mass is 10.0. The third-order valence-corrected chi connectivity index (χ3v) is 9.81. The van der Waals surface area contributed by atoms with Crippen LogP contribution in [0.3, 0.4) is 0 Å². The van der Waals surface area contributed by atoms with Crippen molar-refractivity contribution in [3.05, 3.63) is 188 Å². The Bertz CT molecular complexity index is 2780. The van der Waals surface area contributed by atoms with Gasteiger partial charge in [-0.25, -0.2) is 4.98 Å². The molecule has 0 saturated carbocycles. The summed E-state index contributed by atoms with van der Waals surface area (Å²) >= 11 is 0. The minimum atomic E-state index is 0.630. The Hall–Kier alpha value is -6.91. The normalized spacial score (nSPS) is 11.5. The minimum Gasteiger partial charge on any atom is -0.435 e. The molecule has 0 saturated heterocycles. The van der Waals surface area contributed by atoms with E-state index in [1.165, 1.54) is 32.9 Å². The maximum Gasteiger partial charge on any atom is 0.227 e. The highest BCUT2D eigenvalue weighted by molar-refractivity contribution is 6.09. The minimum absolute atomic E-state index is 0.630. The third kappa shape index (κ3) is 4.96. The maximum absolute atomic E-state index is 6.37. The zero-order valence-electron chi connectivity index (χ0n) is 27.6. The van der Waals surface area contributed by atoms with Gasteiger partial charge in [0.2, 0.25) is 5.89 Å². The molecular formula is C47H31N3O. The first-order valence-corrected chi connectivity index (χ1v) is 17.2. The summed E-state index contributed by atoms with van der Waals surface area (Å²) in [4.78, 5) is 7.13. The van der Waals surface area contributed by atoms with E-state index in [2.05, 4.69) is 167 Å². The standard InChI is InChI=1S/C47H31N3O/c1-3-11-32(12-4-1)33-19-22-36(23-20-33)49(37-24-26-38(27-25-37)50-44-17-9-7-15-41(44)42-16-8-10-18-45(42)50)39-28-29-40-35(31-39)21-30-43-46(40)51-47(48-43)34-13-5-2-6-14-34/h1-31H. The molecule has 0 atom stereocenters. The lowest BCUT2D eigenvalue weighted by Crippen LogP contribution is -2.10. The van der Waals surface area contributed by atoms with Crippen molar-refractivity contribution in [1.82, 2.24) is 9.55 Å². The molecule has 2 aromatic heterocycles. The number of aromatic nitrogens is 2. The summed E-state index contributed by atoms with van der Waals surface area (Å²) in [5.74, 6) is 0.630. The van der Waals surface area contributed by atoms with Gasteiger partial charge in [-0.05, 0) is 101 Å². The summed E-state index contributed by atoms with van der Waals surface area (Å²) in [6.07, 6.45) is 0. The molecule has 0 unspecified atom stereocenters. The predicted molar refractivity (Wildman–Crippen MR) is 211 cm³/mol. The summed E-state index contributed by atoms with van der Waals surface area (Å²) in [6, 6.07) is 66.3. The van der Waals surface area contributed by atoms with Gasteiger partial charge < -0.3 is 13.9 Å². The fourth-order valence-electron chi connectivity index (χ4n) is 7.38. The van der Waals surface area contributed by atoms with E-state index in [1.807, 2.05) is 30.3 Å². The highest BCUT2D eigenvalue weighted by Crippen LogP contribution is 2.40. The average Bonchev–Trinajstić information content (AvgIpc) is 3.80. The van der Waals surface area contributed by atoms with Gasteiger partial charge in [-0.2, -0.15) is 0 Å². The van der Waals surface area contributed by atoms with Crippen molar-refractivity contribution in [1.29, 1.82) is 0 Å². The Morgan fingerprint density at radius 2 is 0.980 bits per heavy atom. The Kier molecular flexibility index (Phi) is 6.78. The van der Waals surface area contributed by atoms with E-state index in [4.69, 9.17) is 9.40 Å². The quantitative estimate of drug-likeness (QED) is 0.179. The van der Waals surface area contributed by atoms with Gasteiger partial charge in [0.15, 0.2) is 5.58 Å². The number of nitrogens with zero attached hydrogens (tertiary/aromatic N) is 3. The maximum atomic E-state index is 6.37. The van der Waals surface area contributed by atoms with Crippen LogP contribution < -0.4 is 4.90 Å². The SMILES string of the molecule is c1ccc(-c2ccc(N(c3ccc(-n4c5ccccc5c5ccccc54)cc3)c3ccc4c(ccc5nc(-c6ccccc6)oc54)c3)cc2)cc1. The third-order valence-electron chi connectivity index (χ3n) is 9.81. The molecule has 4 nitrogen and oxygen atoms in total. The molecule has 0 bridgehead atoms. The Balaban J connectivity index is 1.10. The van der Waals surface area contributed by atoms with Crippen LogP contribution in [0, 0.1) is 0 Å². The molecule has 240 valence electrons. The summed E-state index contributed by atoms with van der Waals surface area (Å²) in [6.45, 7) is 0. The van der Waals surface area contributed by atoms with E-state index in [0.29, 0.717) is 5.89 Å². The molecule has 4 heteroatoms. The second-order valence-electron chi connectivity index (χ2n) is 12.8. The Labute approximate surface area is 295 Å². The van der Waals surface area contributed by atoms with Crippen molar-refractivity contribution < 1.29 is 4.42 Å². The van der Waals surface area contributed by atoms with Crippen molar-refractivity contribution in [3.8, 4) is 28.3 Å². The summed E-state index contributed by atoms with van der Waals surface area (Å²) in [5, 5.41) is 4.63. The zero-order valence-corrected chi connectivity index (χ0v) is 27.6. The van der Waals surface area contributed by atoms with E-state index in [1.54, 1.807) is 0 Å². The van der Waals surface area contributed by atoms with Crippen LogP contribution in [0.5, 0.6) is 0 Å². The molecule has 51 heavy (non-hydrogen) atoms. The van der Waals surface area contributed by atoms with Gasteiger partial charge in [0.25, 0.3) is 0 Å². The first kappa shape index (κ1) is 29.0. The molecular weight excluding hydrogens is 623 g/mol. The molecule has 0 aliphatic rings. The lowest BCUT2D eigenvalue weighted by molar-refractivity contribution is 0.623. The lowest BCUT2D eigenvalue weighted by Gasteiger charge is -2.26. The molecule has 0 aliphatic heterocycles. The molecule has 2 heterocycles. The number of anilines is 3. The fourth-order valence-corrected chi connectivity index (χ4v) is 7.38. The molecule has 8 aromatic carbocycles. The number of hydrogen-bond donors (Lipinski definition) is 0. The number of rotatable bonds is 6. The van der Waals surface area contributed by atoms with Crippen LogP contribution in [0.25, 0.3) is 71.9 Å². The van der Waals surface area contributed by atoms with Crippen molar-refractivity contribution in [2.45, 2.75) is 0 Å². The van der Waals surface area contributed by atoms with E-state index in [9.17, 15) is 0 Å². The van der Waals surface area contributed by atoms with Gasteiger partial charge in [-0.15, -0.1) is 0 Å². The fraction of sp³-hybridized carbons (Fsp3) is 0. The van der Waals surface area contributed by atoms with Crippen LogP contribution in [0.2, 0.25) is 0 Å². The van der Waals surface area contributed by atoms with Gasteiger partial charge in [0, 0.05) is 44.5 Å². The van der Waals surface area contributed by atoms with Crippen molar-refractivity contribution in [3.63, 3.8) is 0 Å². The molecule has 10 rings (SSSR count). The van der Waals surface area contributed by atoms with Crippen LogP contribution in [0.1, 0.15) is 0 Å². The predicted octanol–water partition coefficient (Wildman–Crippen LogP) is 12.9. The molecule has 0 aliphatic carbocycles. The topological polar surface area (TPSA) is 34.2 Å². The summed E-state index contributed by atoms with van der Waals surface area (Å²) in [7, 11) is 0. The zero-order chi connectivity index (χ0) is 33.7. The van der Waals surface area contributed by atoms with Crippen LogP contribution in [-0.2, 0) is 0 Å². The van der Waals surface area contributed by atoms with Crippen LogP contribution >= 0.6 is 0 Å². The van der Waals surface area contributed by atoms with Crippen molar-refractivity contribution in [2.24, 2.45) is 0 Å². The van der Waals surface area contributed by atoms with Crippen molar-refractivity contribution in [2.75, 3.05) is 4.90 Å². The van der Waals surface area contributed by atoms with E-state index >= 15 is 0 Å². The van der Waals surface area contributed by atoms with E-state index in [0.717, 1.165) is 50.2 Å². The van der Waals surface area contributed by atoms with E-state index in [-0.39, 0.29) is 0 Å². The van der Waals surface area contributed by atoms with E-state index < -0.39 is 0 Å². The van der Waals surface area contributed by atoms with Gasteiger partial charge >= 0.3 is 0 Å². The molecule has 0 radical (unpaired) electrons. The van der Waals surface area contributed by atoms with Crippen LogP contribution in [0.4, 0.5) is 17.1 Å². The number of para-hydroxylation sites is 2. The molecule has 0 N–H and O–H groups in total. The highest BCUT2D eigenvalue weighted by atomic mass is 16.3. The summed E-state index contributed by atoms with van der Waals surface area (Å²) < 4.78 is 8.73. The second kappa shape index (κ2) is 11.9. The largest absolute Gasteiger partial charge is 0.435 e. The second-order valence-corrected chi connectivity index (χ2v) is 12.8. The van der Waals surface area contributed by atoms with Crippen molar-refractivity contribution >= 4 is 60.7 Å². The number of fused-ring (bicyclic) bond motifs is 6. The molecule has 0 spiro atoms. The number of benzene rings is 8. The Morgan fingerprint density at radius 1 is 0.431 bits per heavy atom. The molecule has 0 amide bonds. The Morgan fingerprint density at radius 3 is 1.65 bits per heavy atom. The molecule has 0 fully saturated rings. The summed E-state index contributed by atoms with van der Waals surface area (Å²) in [5.41, 5.74) is 11.7. The van der Waals surface area contributed by atoms with Gasteiger partial charge in [0.1, 0.15) is 5.52 Å².